The molecule has 0 saturated carbocycles. The molecule has 0 amide bonds. The number of piperidine rings is 1. The second-order valence-corrected chi connectivity index (χ2v) is 8.09. The monoisotopic (exact) mass is 382 g/mol. The number of benzene rings is 1. The Kier molecular flexibility index (Phi) is 5.78. The van der Waals surface area contributed by atoms with Gasteiger partial charge in [-0.15, -0.1) is 0 Å². The minimum Gasteiger partial charge on any atom is -0.391 e. The summed E-state index contributed by atoms with van der Waals surface area (Å²) in [6.07, 6.45) is 5.35. The van der Waals surface area contributed by atoms with Crippen LogP contribution in [0.15, 0.2) is 41.3 Å². The van der Waals surface area contributed by atoms with Crippen molar-refractivity contribution >= 4 is 5.69 Å². The van der Waals surface area contributed by atoms with E-state index in [2.05, 4.69) is 41.2 Å². The summed E-state index contributed by atoms with van der Waals surface area (Å²) in [4.78, 5) is 17.2. The minimum absolute atomic E-state index is 0.0435. The van der Waals surface area contributed by atoms with Crippen molar-refractivity contribution in [1.29, 1.82) is 0 Å². The molecule has 6 heteroatoms. The highest BCUT2D eigenvalue weighted by Gasteiger charge is 2.25. The van der Waals surface area contributed by atoms with Crippen molar-refractivity contribution in [2.45, 2.75) is 51.3 Å². The molecule has 3 heterocycles. The van der Waals surface area contributed by atoms with Crippen LogP contribution in [-0.2, 0) is 13.0 Å². The molecule has 1 aromatic carbocycles. The highest BCUT2D eigenvalue weighted by atomic mass is 16.3. The number of likely N-dealkylation sites (tertiary alicyclic amines) is 1. The van der Waals surface area contributed by atoms with Gasteiger partial charge in [0.15, 0.2) is 0 Å². The van der Waals surface area contributed by atoms with Gasteiger partial charge in [-0.2, -0.15) is 5.10 Å². The number of hydrogen-bond acceptors (Lipinski definition) is 5. The molecular weight excluding hydrogens is 352 g/mol. The largest absolute Gasteiger partial charge is 0.391 e. The normalized spacial score (nSPS) is 23.3. The van der Waals surface area contributed by atoms with Crippen LogP contribution in [-0.4, -0.2) is 52.1 Å². The molecule has 0 spiro atoms. The van der Waals surface area contributed by atoms with Crippen molar-refractivity contribution in [1.82, 2.24) is 14.7 Å². The summed E-state index contributed by atoms with van der Waals surface area (Å²) in [5.41, 5.74) is 3.46. The average Bonchev–Trinajstić information content (AvgIpc) is 3.15. The fourth-order valence-electron chi connectivity index (χ4n) is 4.34. The Hall–Kier alpha value is -2.18. The predicted molar refractivity (Wildman–Crippen MR) is 111 cm³/mol. The zero-order valence-electron chi connectivity index (χ0n) is 16.6. The van der Waals surface area contributed by atoms with Gasteiger partial charge in [0.1, 0.15) is 0 Å². The van der Waals surface area contributed by atoms with Gasteiger partial charge in [-0.25, -0.2) is 4.68 Å². The molecule has 6 nitrogen and oxygen atoms in total. The number of anilines is 1. The van der Waals surface area contributed by atoms with Crippen molar-refractivity contribution in [3.8, 4) is 0 Å². The Morgan fingerprint density at radius 2 is 1.89 bits per heavy atom. The quantitative estimate of drug-likeness (QED) is 0.859. The first-order chi connectivity index (χ1) is 13.6. The average molecular weight is 383 g/mol. The molecule has 2 fully saturated rings. The fourth-order valence-corrected chi connectivity index (χ4v) is 4.34. The van der Waals surface area contributed by atoms with Crippen LogP contribution in [0.5, 0.6) is 0 Å². The van der Waals surface area contributed by atoms with Crippen molar-refractivity contribution in [3.05, 3.63) is 58.0 Å². The maximum Gasteiger partial charge on any atom is 0.269 e. The van der Waals surface area contributed by atoms with Crippen molar-refractivity contribution < 1.29 is 5.11 Å². The van der Waals surface area contributed by atoms with Gasteiger partial charge in [0, 0.05) is 32.2 Å². The third kappa shape index (κ3) is 4.28. The van der Waals surface area contributed by atoms with E-state index >= 15 is 0 Å². The van der Waals surface area contributed by atoms with Crippen LogP contribution in [0.4, 0.5) is 5.69 Å². The first-order valence-electron chi connectivity index (χ1n) is 10.4. The van der Waals surface area contributed by atoms with E-state index in [-0.39, 0.29) is 17.7 Å². The summed E-state index contributed by atoms with van der Waals surface area (Å²) in [6, 6.07) is 10.6. The number of aliphatic hydroxyl groups is 1. The molecular formula is C22H30N4O2. The number of rotatable bonds is 5. The molecule has 0 aliphatic carbocycles. The summed E-state index contributed by atoms with van der Waals surface area (Å²) in [5.74, 6) is 0. The van der Waals surface area contributed by atoms with Crippen molar-refractivity contribution in [2.75, 3.05) is 31.1 Å². The molecule has 2 saturated heterocycles. The van der Waals surface area contributed by atoms with E-state index in [1.54, 1.807) is 16.9 Å². The molecule has 0 radical (unpaired) electrons. The lowest BCUT2D eigenvalue weighted by molar-refractivity contribution is 0.160. The van der Waals surface area contributed by atoms with E-state index < -0.39 is 0 Å². The SMILES string of the molecule is CCc1ccc(CN2CCC[C@@H](n3ncc(N4CC[C@H](O)C4)cc3=O)C2)cc1. The fraction of sp³-hybridized carbons (Fsp3) is 0.545. The molecule has 2 aromatic rings. The van der Waals surface area contributed by atoms with E-state index in [0.29, 0.717) is 6.54 Å². The van der Waals surface area contributed by atoms with Gasteiger partial charge in [0.2, 0.25) is 0 Å². The molecule has 2 aliphatic rings. The molecule has 0 unspecified atom stereocenters. The molecule has 4 rings (SSSR count). The first-order valence-corrected chi connectivity index (χ1v) is 10.4. The second-order valence-electron chi connectivity index (χ2n) is 8.09. The van der Waals surface area contributed by atoms with E-state index in [0.717, 1.165) is 57.5 Å². The standard InChI is InChI=1S/C22H30N4O2/c1-2-17-5-7-18(8-6-17)14-24-10-3-4-19(15-24)26-22(28)12-20(13-23-26)25-11-9-21(27)16-25/h5-8,12-13,19,21,27H,2-4,9-11,14-16H2,1H3/t19-,21+/m1/s1. The minimum atomic E-state index is -0.305. The summed E-state index contributed by atoms with van der Waals surface area (Å²) in [5, 5.41) is 14.2. The number of β-amino-alcohol motifs (C(OH)–C–C–N with tert-alkyl or cyclic N) is 1. The summed E-state index contributed by atoms with van der Waals surface area (Å²) >= 11 is 0. The number of aryl methyl sites for hydroxylation is 1. The first kappa shape index (κ1) is 19.2. The van der Waals surface area contributed by atoms with Crippen LogP contribution in [0.1, 0.15) is 43.4 Å². The van der Waals surface area contributed by atoms with Crippen LogP contribution in [0.3, 0.4) is 0 Å². The number of hydrogen-bond donors (Lipinski definition) is 1. The maximum atomic E-state index is 12.7. The summed E-state index contributed by atoms with van der Waals surface area (Å²) < 4.78 is 1.66. The van der Waals surface area contributed by atoms with Crippen molar-refractivity contribution in [3.63, 3.8) is 0 Å². The zero-order valence-corrected chi connectivity index (χ0v) is 16.6. The van der Waals surface area contributed by atoms with E-state index in [9.17, 15) is 9.90 Å². The highest BCUT2D eigenvalue weighted by molar-refractivity contribution is 5.44. The van der Waals surface area contributed by atoms with Crippen LogP contribution >= 0.6 is 0 Å². The van der Waals surface area contributed by atoms with Gasteiger partial charge < -0.3 is 10.0 Å². The second kappa shape index (κ2) is 8.45. The Morgan fingerprint density at radius 1 is 1.11 bits per heavy atom. The predicted octanol–water partition coefficient (Wildman–Crippen LogP) is 2.21. The van der Waals surface area contributed by atoms with E-state index in [4.69, 9.17) is 0 Å². The number of aliphatic hydroxyl groups excluding tert-OH is 1. The number of nitrogens with zero attached hydrogens (tertiary/aromatic N) is 4. The van der Waals surface area contributed by atoms with Gasteiger partial charge in [-0.1, -0.05) is 31.2 Å². The smallest absolute Gasteiger partial charge is 0.269 e. The van der Waals surface area contributed by atoms with Crippen LogP contribution in [0.25, 0.3) is 0 Å². The summed E-state index contributed by atoms with van der Waals surface area (Å²) in [7, 11) is 0. The van der Waals surface area contributed by atoms with Gasteiger partial charge in [-0.3, -0.25) is 9.69 Å². The summed E-state index contributed by atoms with van der Waals surface area (Å²) in [6.45, 7) is 6.36. The lowest BCUT2D eigenvalue weighted by atomic mass is 10.0. The zero-order chi connectivity index (χ0) is 19.5. The van der Waals surface area contributed by atoms with Crippen LogP contribution in [0, 0.1) is 0 Å². The van der Waals surface area contributed by atoms with Gasteiger partial charge in [-0.05, 0) is 43.4 Å². The van der Waals surface area contributed by atoms with Crippen LogP contribution in [0.2, 0.25) is 0 Å². The Balaban J connectivity index is 1.43. The van der Waals surface area contributed by atoms with E-state index in [1.807, 2.05) is 4.90 Å². The van der Waals surface area contributed by atoms with Crippen molar-refractivity contribution in [2.24, 2.45) is 0 Å². The molecule has 0 bridgehead atoms. The lowest BCUT2D eigenvalue weighted by Crippen LogP contribution is -2.40. The van der Waals surface area contributed by atoms with Gasteiger partial charge in [0.25, 0.3) is 5.56 Å². The third-order valence-electron chi connectivity index (χ3n) is 6.00. The highest BCUT2D eigenvalue weighted by Crippen LogP contribution is 2.23. The third-order valence-corrected chi connectivity index (χ3v) is 6.00. The van der Waals surface area contributed by atoms with Gasteiger partial charge in [0.05, 0.1) is 24.0 Å². The Labute approximate surface area is 166 Å². The molecule has 1 N–H and O–H groups in total. The molecule has 150 valence electrons. The Morgan fingerprint density at radius 3 is 2.57 bits per heavy atom. The molecule has 2 aliphatic heterocycles. The molecule has 2 atom stereocenters. The molecule has 1 aromatic heterocycles. The maximum absolute atomic E-state index is 12.7. The lowest BCUT2D eigenvalue weighted by Gasteiger charge is -2.33. The van der Waals surface area contributed by atoms with Crippen LogP contribution < -0.4 is 10.5 Å². The Bertz CT molecular complexity index is 848. The topological polar surface area (TPSA) is 61.6 Å². The molecule has 28 heavy (non-hydrogen) atoms. The van der Waals surface area contributed by atoms with Gasteiger partial charge >= 0.3 is 0 Å². The number of aromatic nitrogens is 2. The van der Waals surface area contributed by atoms with E-state index in [1.165, 1.54) is 11.1 Å².